The first-order chi connectivity index (χ1) is 21.8. The Morgan fingerprint density at radius 3 is 2.63 bits per heavy atom. The second-order valence-corrected chi connectivity index (χ2v) is 12.9. The number of carboxylic acids is 1. The van der Waals surface area contributed by atoms with Crippen LogP contribution in [0.4, 0.5) is 4.39 Å². The number of benzene rings is 2. The zero-order valence-corrected chi connectivity index (χ0v) is 27.3. The highest BCUT2D eigenvalue weighted by molar-refractivity contribution is 7.13. The van der Waals surface area contributed by atoms with E-state index >= 15 is 0 Å². The van der Waals surface area contributed by atoms with Crippen molar-refractivity contribution in [1.82, 2.24) is 29.1 Å². The number of carbonyl (C=O) groups is 3. The Balaban J connectivity index is 0.000000266. The van der Waals surface area contributed by atoms with Gasteiger partial charge in [0.2, 0.25) is 0 Å². The highest BCUT2D eigenvalue weighted by atomic mass is 35.5. The molecule has 5 aromatic rings. The number of nitrogens with one attached hydrogen (secondary N) is 2. The van der Waals surface area contributed by atoms with Crippen LogP contribution < -0.4 is 10.2 Å². The number of hydrogen-bond donors (Lipinski definition) is 3. The van der Waals surface area contributed by atoms with Crippen LogP contribution in [0.2, 0.25) is 0 Å². The Bertz CT molecular complexity index is 1990. The molecule has 0 unspecified atom stereocenters. The molecule has 1 atom stereocenters. The minimum Gasteiger partial charge on any atom is -0.477 e. The maximum Gasteiger partial charge on any atom is 0.354 e. The van der Waals surface area contributed by atoms with Gasteiger partial charge in [0.25, 0.3) is 5.91 Å². The Morgan fingerprint density at radius 1 is 1.17 bits per heavy atom. The van der Waals surface area contributed by atoms with Gasteiger partial charge >= 0.3 is 11.9 Å². The predicted octanol–water partition coefficient (Wildman–Crippen LogP) is 6.10. The van der Waals surface area contributed by atoms with Gasteiger partial charge in [0, 0.05) is 18.0 Å². The molecule has 46 heavy (non-hydrogen) atoms. The molecule has 3 aromatic heterocycles. The Labute approximate surface area is 273 Å². The van der Waals surface area contributed by atoms with Gasteiger partial charge in [0.15, 0.2) is 17.2 Å². The first-order valence-corrected chi connectivity index (χ1v) is 15.5. The van der Waals surface area contributed by atoms with Crippen molar-refractivity contribution in [3.63, 3.8) is 0 Å². The third kappa shape index (κ3) is 6.86. The summed E-state index contributed by atoms with van der Waals surface area (Å²) in [6.07, 6.45) is 2.11. The summed E-state index contributed by atoms with van der Waals surface area (Å²) in [5.41, 5.74) is 3.82. The number of halogens is 2. The second kappa shape index (κ2) is 13.1. The fraction of sp³-hybridized carbons (Fsp3) is 0.312. The Hall–Kier alpha value is -4.46. The van der Waals surface area contributed by atoms with Gasteiger partial charge in [0.05, 0.1) is 28.2 Å². The number of aromatic carboxylic acids is 1. The standard InChI is InChI=1S/C23H23FN4O5.C9H9ClN2S/c1-11-12-7-8-16(14(12)6-5-13(11)22(32)33-23(2,3)4)27-20(29)18-9-17(21(30)31)26-19-15(24)10-25-28(18)19;1-6-8-4-7(5-11-10)2-3-9(8)13-12-6/h5-6,9-10,16H,7-8H2,1-4H3,(H,27,29)(H,30,31);2-4,11H,5H2,1H3/t16-;/m0./s1. The molecule has 0 saturated heterocycles. The number of ether oxygens (including phenoxy) is 1. The number of aryl methyl sites for hydroxylation is 1. The smallest absolute Gasteiger partial charge is 0.354 e. The summed E-state index contributed by atoms with van der Waals surface area (Å²) >= 11 is 6.98. The lowest BCUT2D eigenvalue weighted by Crippen LogP contribution is -2.29. The molecule has 0 aliphatic heterocycles. The maximum absolute atomic E-state index is 14.0. The van der Waals surface area contributed by atoms with Crippen molar-refractivity contribution in [3.8, 4) is 0 Å². The van der Waals surface area contributed by atoms with Crippen LogP contribution in [0.25, 0.3) is 15.7 Å². The molecular formula is C32H32ClFN6O5S. The monoisotopic (exact) mass is 666 g/mol. The van der Waals surface area contributed by atoms with Crippen LogP contribution in [-0.2, 0) is 17.7 Å². The van der Waals surface area contributed by atoms with Crippen molar-refractivity contribution >= 4 is 56.9 Å². The zero-order valence-electron chi connectivity index (χ0n) is 25.8. The molecule has 0 saturated carbocycles. The predicted molar refractivity (Wildman–Crippen MR) is 172 cm³/mol. The number of aromatic nitrogens is 4. The molecule has 0 fully saturated rings. The number of fused-ring (bicyclic) bond motifs is 3. The number of carbonyl (C=O) groups excluding carboxylic acids is 2. The molecule has 1 aliphatic rings. The van der Waals surface area contributed by atoms with Crippen LogP contribution in [0.15, 0.2) is 42.6 Å². The van der Waals surface area contributed by atoms with Gasteiger partial charge in [-0.15, -0.1) is 0 Å². The fourth-order valence-electron chi connectivity index (χ4n) is 5.32. The van der Waals surface area contributed by atoms with E-state index in [9.17, 15) is 23.9 Å². The number of hydrogen-bond acceptors (Lipinski definition) is 9. The molecule has 0 bridgehead atoms. The van der Waals surface area contributed by atoms with Gasteiger partial charge in [-0.05, 0) is 111 Å². The fourth-order valence-corrected chi connectivity index (χ4v) is 6.24. The van der Waals surface area contributed by atoms with Crippen LogP contribution in [0.1, 0.15) is 92.5 Å². The molecule has 3 heterocycles. The average Bonchev–Trinajstić information content (AvgIpc) is 3.69. The van der Waals surface area contributed by atoms with Crippen molar-refractivity contribution in [2.75, 3.05) is 0 Å². The van der Waals surface area contributed by atoms with Gasteiger partial charge < -0.3 is 15.2 Å². The Morgan fingerprint density at radius 2 is 1.93 bits per heavy atom. The minimum absolute atomic E-state index is 0.142. The molecule has 0 spiro atoms. The van der Waals surface area contributed by atoms with Crippen LogP contribution in [-0.4, -0.2) is 47.5 Å². The van der Waals surface area contributed by atoms with Crippen molar-refractivity contribution in [2.24, 2.45) is 0 Å². The number of rotatable bonds is 6. The normalized spacial score (nSPS) is 14.1. The van der Waals surface area contributed by atoms with Crippen LogP contribution in [0.3, 0.4) is 0 Å². The van der Waals surface area contributed by atoms with Crippen molar-refractivity contribution < 1.29 is 28.6 Å². The number of nitrogens with zero attached hydrogens (tertiary/aromatic N) is 4. The molecule has 240 valence electrons. The van der Waals surface area contributed by atoms with E-state index in [1.165, 1.54) is 27.2 Å². The highest BCUT2D eigenvalue weighted by Gasteiger charge is 2.30. The van der Waals surface area contributed by atoms with Crippen LogP contribution in [0, 0.1) is 19.7 Å². The number of amides is 1. The lowest BCUT2D eigenvalue weighted by atomic mass is 9.97. The summed E-state index contributed by atoms with van der Waals surface area (Å²) in [6, 6.07) is 10.4. The maximum atomic E-state index is 14.0. The first-order valence-electron chi connectivity index (χ1n) is 14.4. The summed E-state index contributed by atoms with van der Waals surface area (Å²) in [6.45, 7) is 9.97. The third-order valence-corrected chi connectivity index (χ3v) is 8.53. The molecule has 0 radical (unpaired) electrons. The summed E-state index contributed by atoms with van der Waals surface area (Å²) in [5.74, 6) is -3.23. The van der Waals surface area contributed by atoms with Crippen molar-refractivity contribution in [2.45, 2.75) is 65.6 Å². The molecule has 14 heteroatoms. The van der Waals surface area contributed by atoms with Gasteiger partial charge in [-0.1, -0.05) is 12.1 Å². The molecule has 3 N–H and O–H groups in total. The first kappa shape index (κ1) is 32.9. The molecule has 2 aromatic carbocycles. The van der Waals surface area contributed by atoms with E-state index in [2.05, 4.69) is 42.8 Å². The van der Waals surface area contributed by atoms with Crippen LogP contribution >= 0.6 is 23.3 Å². The van der Waals surface area contributed by atoms with Gasteiger partial charge in [0.1, 0.15) is 11.3 Å². The van der Waals surface area contributed by atoms with Gasteiger partial charge in [-0.3, -0.25) is 4.79 Å². The minimum atomic E-state index is -1.39. The molecule has 11 nitrogen and oxygen atoms in total. The average molecular weight is 667 g/mol. The van der Waals surface area contributed by atoms with E-state index in [-0.39, 0.29) is 17.4 Å². The summed E-state index contributed by atoms with van der Waals surface area (Å²) in [7, 11) is 0. The molecule has 1 amide bonds. The SMILES string of the molecule is Cc1c(C(=O)OC(C)(C)C)ccc2c1CC[C@@H]2NC(=O)c1cc(C(=O)O)nc2c(F)cnn12.Cc1nsc2ccc(CNCl)cc12. The molecule has 6 rings (SSSR count). The van der Waals surface area contributed by atoms with E-state index in [0.29, 0.717) is 24.9 Å². The van der Waals surface area contributed by atoms with E-state index < -0.39 is 35.0 Å². The summed E-state index contributed by atoms with van der Waals surface area (Å²) in [4.78, 5) is 43.3. The summed E-state index contributed by atoms with van der Waals surface area (Å²) < 4.78 is 26.0. The molecule has 1 aliphatic carbocycles. The second-order valence-electron chi connectivity index (χ2n) is 11.8. The van der Waals surface area contributed by atoms with E-state index in [1.54, 1.807) is 32.9 Å². The topological polar surface area (TPSA) is 148 Å². The summed E-state index contributed by atoms with van der Waals surface area (Å²) in [5, 5.41) is 17.2. The van der Waals surface area contributed by atoms with E-state index in [1.807, 2.05) is 13.8 Å². The quantitative estimate of drug-likeness (QED) is 0.145. The molecular weight excluding hydrogens is 635 g/mol. The van der Waals surface area contributed by atoms with E-state index in [4.69, 9.17) is 16.5 Å². The third-order valence-electron chi connectivity index (χ3n) is 7.48. The highest BCUT2D eigenvalue weighted by Crippen LogP contribution is 2.35. The van der Waals surface area contributed by atoms with Crippen LogP contribution in [0.5, 0.6) is 0 Å². The largest absolute Gasteiger partial charge is 0.477 e. The Kier molecular flexibility index (Phi) is 9.38. The van der Waals surface area contributed by atoms with Gasteiger partial charge in [-0.25, -0.2) is 28.3 Å². The number of carboxylic acid groups (broad SMARTS) is 1. The van der Waals surface area contributed by atoms with Gasteiger partial charge in [-0.2, -0.15) is 9.47 Å². The van der Waals surface area contributed by atoms with Crippen molar-refractivity contribution in [3.05, 3.63) is 93.3 Å². The lowest BCUT2D eigenvalue weighted by Gasteiger charge is -2.21. The van der Waals surface area contributed by atoms with Crippen molar-refractivity contribution in [1.29, 1.82) is 0 Å². The van der Waals surface area contributed by atoms with E-state index in [0.717, 1.165) is 39.2 Å². The number of esters is 1. The zero-order chi connectivity index (χ0) is 33.3. The lowest BCUT2D eigenvalue weighted by molar-refractivity contribution is 0.00682.